The second kappa shape index (κ2) is 7.09. The largest absolute Gasteiger partial charge is 0.393 e. The average Bonchev–Trinajstić information content (AvgIpc) is 2.34. The number of pyridine rings is 1. The van der Waals surface area contributed by atoms with Crippen LogP contribution in [0.4, 0.5) is 0 Å². The van der Waals surface area contributed by atoms with Gasteiger partial charge in [-0.15, -0.1) is 0 Å². The van der Waals surface area contributed by atoms with Crippen LogP contribution in [-0.4, -0.2) is 28.2 Å². The minimum absolute atomic E-state index is 0.0122. The summed E-state index contributed by atoms with van der Waals surface area (Å²) in [7, 11) is 0. The molecule has 0 radical (unpaired) electrons. The van der Waals surface area contributed by atoms with Crippen molar-refractivity contribution in [3.63, 3.8) is 0 Å². The molecule has 0 aliphatic carbocycles. The number of aliphatic hydroxyl groups is 1. The van der Waals surface area contributed by atoms with E-state index in [-0.39, 0.29) is 23.9 Å². The van der Waals surface area contributed by atoms with E-state index in [4.69, 9.17) is 0 Å². The molecule has 0 saturated carbocycles. The van der Waals surface area contributed by atoms with E-state index in [2.05, 4.69) is 5.32 Å². The van der Waals surface area contributed by atoms with E-state index in [1.165, 1.54) is 4.57 Å². The Labute approximate surface area is 113 Å². The number of hydrogen-bond acceptors (Lipinski definition) is 3. The Morgan fingerprint density at radius 1 is 1.47 bits per heavy atom. The zero-order valence-electron chi connectivity index (χ0n) is 11.7. The Morgan fingerprint density at radius 3 is 2.79 bits per heavy atom. The summed E-state index contributed by atoms with van der Waals surface area (Å²) < 4.78 is 1.38. The van der Waals surface area contributed by atoms with Crippen molar-refractivity contribution in [3.05, 3.63) is 34.2 Å². The van der Waals surface area contributed by atoms with Crippen LogP contribution in [-0.2, 0) is 11.3 Å². The van der Waals surface area contributed by atoms with Crippen molar-refractivity contribution >= 4 is 5.91 Å². The summed E-state index contributed by atoms with van der Waals surface area (Å²) in [6.07, 6.45) is 1.70. The molecule has 1 unspecified atom stereocenters. The lowest BCUT2D eigenvalue weighted by atomic mass is 10.0. The van der Waals surface area contributed by atoms with Crippen LogP contribution >= 0.6 is 0 Å². The molecule has 1 amide bonds. The number of aryl methyl sites for hydroxylation is 1. The quantitative estimate of drug-likeness (QED) is 0.795. The highest BCUT2D eigenvalue weighted by Crippen LogP contribution is 2.03. The molecule has 0 aliphatic rings. The Morgan fingerprint density at radius 2 is 2.16 bits per heavy atom. The van der Waals surface area contributed by atoms with Crippen molar-refractivity contribution in [3.8, 4) is 0 Å². The molecular weight excluding hydrogens is 244 g/mol. The minimum atomic E-state index is -0.415. The maximum absolute atomic E-state index is 11.7. The highest BCUT2D eigenvalue weighted by Gasteiger charge is 2.10. The summed E-state index contributed by atoms with van der Waals surface area (Å²) in [6, 6.07) is 3.46. The third kappa shape index (κ3) is 4.87. The number of nitrogens with zero attached hydrogens (tertiary/aromatic N) is 1. The Bertz CT molecular complexity index is 480. The number of nitrogens with one attached hydrogen (secondary N) is 1. The average molecular weight is 266 g/mol. The topological polar surface area (TPSA) is 71.3 Å². The zero-order valence-corrected chi connectivity index (χ0v) is 11.7. The molecule has 0 bridgehead atoms. The fourth-order valence-corrected chi connectivity index (χ4v) is 1.68. The Balaban J connectivity index is 2.44. The second-order valence-electron chi connectivity index (χ2n) is 5.07. The normalized spacial score (nSPS) is 12.5. The summed E-state index contributed by atoms with van der Waals surface area (Å²) in [5, 5.41) is 12.3. The van der Waals surface area contributed by atoms with Gasteiger partial charge < -0.3 is 15.0 Å². The fourth-order valence-electron chi connectivity index (χ4n) is 1.68. The third-order valence-corrected chi connectivity index (χ3v) is 3.06. The lowest BCUT2D eigenvalue weighted by Gasteiger charge is -2.14. The van der Waals surface area contributed by atoms with Gasteiger partial charge in [0.2, 0.25) is 5.91 Å². The van der Waals surface area contributed by atoms with Gasteiger partial charge in [-0.1, -0.05) is 19.9 Å². The predicted molar refractivity (Wildman–Crippen MR) is 73.9 cm³/mol. The molecule has 1 aromatic heterocycles. The molecule has 0 aromatic carbocycles. The summed E-state index contributed by atoms with van der Waals surface area (Å²) in [5.41, 5.74) is 0.463. The SMILES string of the molecule is Cc1cccn(CC(=O)NCCC(O)C(C)C)c1=O. The van der Waals surface area contributed by atoms with Crippen molar-refractivity contribution in [2.45, 2.75) is 39.8 Å². The first-order chi connectivity index (χ1) is 8.91. The van der Waals surface area contributed by atoms with E-state index in [0.717, 1.165) is 0 Å². The number of amides is 1. The van der Waals surface area contributed by atoms with E-state index in [1.807, 2.05) is 13.8 Å². The van der Waals surface area contributed by atoms with Gasteiger partial charge >= 0.3 is 0 Å². The fraction of sp³-hybridized carbons (Fsp3) is 0.571. The lowest BCUT2D eigenvalue weighted by Crippen LogP contribution is -2.34. The number of carbonyl (C=O) groups excluding carboxylic acids is 1. The van der Waals surface area contributed by atoms with Gasteiger partial charge in [-0.25, -0.2) is 0 Å². The summed E-state index contributed by atoms with van der Waals surface area (Å²) >= 11 is 0. The third-order valence-electron chi connectivity index (χ3n) is 3.06. The number of aromatic nitrogens is 1. The summed E-state index contributed by atoms with van der Waals surface area (Å²) in [6.45, 7) is 6.00. The number of carbonyl (C=O) groups is 1. The number of aliphatic hydroxyl groups excluding tert-OH is 1. The van der Waals surface area contributed by atoms with Gasteiger partial charge in [-0.3, -0.25) is 9.59 Å². The molecule has 0 spiro atoms. The molecule has 1 atom stereocenters. The molecule has 1 rings (SSSR count). The van der Waals surface area contributed by atoms with Crippen LogP contribution < -0.4 is 10.9 Å². The van der Waals surface area contributed by atoms with Gasteiger partial charge in [0.05, 0.1) is 6.10 Å². The number of hydrogen-bond donors (Lipinski definition) is 2. The van der Waals surface area contributed by atoms with Crippen molar-refractivity contribution < 1.29 is 9.90 Å². The van der Waals surface area contributed by atoms with Gasteiger partial charge in [0.1, 0.15) is 6.54 Å². The smallest absolute Gasteiger partial charge is 0.253 e. The van der Waals surface area contributed by atoms with Crippen LogP contribution in [0.3, 0.4) is 0 Å². The molecule has 2 N–H and O–H groups in total. The minimum Gasteiger partial charge on any atom is -0.393 e. The van der Waals surface area contributed by atoms with E-state index in [1.54, 1.807) is 25.3 Å². The Hall–Kier alpha value is -1.62. The van der Waals surface area contributed by atoms with E-state index < -0.39 is 6.10 Å². The highest BCUT2D eigenvalue weighted by atomic mass is 16.3. The molecule has 5 nitrogen and oxygen atoms in total. The van der Waals surface area contributed by atoms with Gasteiger partial charge in [-0.2, -0.15) is 0 Å². The Kier molecular flexibility index (Phi) is 5.76. The zero-order chi connectivity index (χ0) is 14.4. The maximum Gasteiger partial charge on any atom is 0.253 e. The first kappa shape index (κ1) is 15.4. The van der Waals surface area contributed by atoms with Crippen LogP contribution in [0.15, 0.2) is 23.1 Å². The molecule has 0 fully saturated rings. The number of rotatable bonds is 6. The molecule has 5 heteroatoms. The van der Waals surface area contributed by atoms with Crippen molar-refractivity contribution in [1.29, 1.82) is 0 Å². The monoisotopic (exact) mass is 266 g/mol. The van der Waals surface area contributed by atoms with Crippen LogP contribution in [0.25, 0.3) is 0 Å². The van der Waals surface area contributed by atoms with Crippen molar-refractivity contribution in [2.24, 2.45) is 5.92 Å². The molecule has 1 aromatic rings. The van der Waals surface area contributed by atoms with E-state index in [9.17, 15) is 14.7 Å². The van der Waals surface area contributed by atoms with Gasteiger partial charge in [0.15, 0.2) is 0 Å². The first-order valence-corrected chi connectivity index (χ1v) is 6.52. The standard InChI is InChI=1S/C14H22N2O3/c1-10(2)12(17)6-7-15-13(18)9-16-8-4-5-11(3)14(16)19/h4-5,8,10,12,17H,6-7,9H2,1-3H3,(H,15,18). The molecule has 1 heterocycles. The van der Waals surface area contributed by atoms with Crippen LogP contribution in [0.2, 0.25) is 0 Å². The lowest BCUT2D eigenvalue weighted by molar-refractivity contribution is -0.121. The van der Waals surface area contributed by atoms with Crippen molar-refractivity contribution in [1.82, 2.24) is 9.88 Å². The van der Waals surface area contributed by atoms with Gasteiger partial charge in [0, 0.05) is 18.3 Å². The van der Waals surface area contributed by atoms with E-state index >= 15 is 0 Å². The van der Waals surface area contributed by atoms with Gasteiger partial charge in [-0.05, 0) is 25.3 Å². The van der Waals surface area contributed by atoms with Gasteiger partial charge in [0.25, 0.3) is 5.56 Å². The van der Waals surface area contributed by atoms with E-state index in [0.29, 0.717) is 18.5 Å². The predicted octanol–water partition coefficient (Wildman–Crippen LogP) is 0.680. The van der Waals surface area contributed by atoms with Crippen molar-refractivity contribution in [2.75, 3.05) is 6.54 Å². The summed E-state index contributed by atoms with van der Waals surface area (Å²) in [4.78, 5) is 23.4. The van der Waals surface area contributed by atoms with Crippen LogP contribution in [0, 0.1) is 12.8 Å². The molecular formula is C14H22N2O3. The first-order valence-electron chi connectivity index (χ1n) is 6.52. The highest BCUT2D eigenvalue weighted by molar-refractivity contribution is 5.75. The molecule has 19 heavy (non-hydrogen) atoms. The summed E-state index contributed by atoms with van der Waals surface area (Å²) in [5.74, 6) is -0.0417. The van der Waals surface area contributed by atoms with Crippen LogP contribution in [0.1, 0.15) is 25.8 Å². The molecule has 0 saturated heterocycles. The maximum atomic E-state index is 11.7. The van der Waals surface area contributed by atoms with Crippen LogP contribution in [0.5, 0.6) is 0 Å². The molecule has 106 valence electrons. The second-order valence-corrected chi connectivity index (χ2v) is 5.07. The molecule has 0 aliphatic heterocycles.